The highest BCUT2D eigenvalue weighted by Crippen LogP contribution is 2.32. The fourth-order valence-electron chi connectivity index (χ4n) is 3.71. The van der Waals surface area contributed by atoms with Crippen molar-refractivity contribution in [2.45, 2.75) is 44.4 Å². The molecule has 0 atom stereocenters. The predicted octanol–water partition coefficient (Wildman–Crippen LogP) is 5.31. The molecule has 0 unspecified atom stereocenters. The van der Waals surface area contributed by atoms with Gasteiger partial charge in [0.05, 0.1) is 11.1 Å². The van der Waals surface area contributed by atoms with Gasteiger partial charge in [-0.05, 0) is 67.0 Å². The lowest BCUT2D eigenvalue weighted by molar-refractivity contribution is 0.139. The van der Waals surface area contributed by atoms with Gasteiger partial charge in [-0.3, -0.25) is 4.79 Å². The number of halogens is 2. The Morgan fingerprint density at radius 1 is 1.04 bits per heavy atom. The lowest BCUT2D eigenvalue weighted by atomic mass is 9.92. The zero-order valence-electron chi connectivity index (χ0n) is 15.4. The van der Waals surface area contributed by atoms with Gasteiger partial charge in [0.15, 0.2) is 0 Å². The summed E-state index contributed by atoms with van der Waals surface area (Å²) < 4.78 is 6.17. The second-order valence-corrected chi connectivity index (χ2v) is 8.12. The minimum absolute atomic E-state index is 0.141. The topological polar surface area (TPSA) is 54.1 Å². The summed E-state index contributed by atoms with van der Waals surface area (Å²) in [5.74, 6) is 0.650. The van der Waals surface area contributed by atoms with E-state index >= 15 is 0 Å². The molecule has 4 rings (SSSR count). The summed E-state index contributed by atoms with van der Waals surface area (Å²) in [5, 5.41) is 6.28. The first-order valence-corrected chi connectivity index (χ1v) is 10.3. The molecule has 0 bridgehead atoms. The van der Waals surface area contributed by atoms with Gasteiger partial charge in [0.25, 0.3) is 5.56 Å². The third-order valence-corrected chi connectivity index (χ3v) is 5.85. The number of rotatable bonds is 5. The number of fused-ring (bicyclic) bond motifs is 1. The molecule has 0 aliphatic heterocycles. The number of pyridine rings is 1. The molecule has 4 nitrogen and oxygen atoms in total. The van der Waals surface area contributed by atoms with E-state index in [4.69, 9.17) is 27.9 Å². The van der Waals surface area contributed by atoms with E-state index in [9.17, 15) is 4.79 Å². The monoisotopic (exact) mass is 416 g/mol. The van der Waals surface area contributed by atoms with Gasteiger partial charge in [-0.25, -0.2) is 0 Å². The van der Waals surface area contributed by atoms with Crippen LogP contribution in [0, 0.1) is 0 Å². The maximum Gasteiger partial charge on any atom is 0.255 e. The van der Waals surface area contributed by atoms with Crippen LogP contribution in [0.5, 0.6) is 5.75 Å². The summed E-state index contributed by atoms with van der Waals surface area (Å²) in [5.41, 5.74) is 1.10. The summed E-state index contributed by atoms with van der Waals surface area (Å²) in [6, 6.07) is 13.8. The molecule has 146 valence electrons. The second kappa shape index (κ2) is 8.56. The summed E-state index contributed by atoms with van der Waals surface area (Å²) in [6.07, 6.45) is 5.85. The molecule has 28 heavy (non-hydrogen) atoms. The fraction of sp³-hybridized carbons (Fsp3) is 0.318. The molecule has 0 amide bonds. The molecule has 1 heterocycles. The lowest BCUT2D eigenvalue weighted by Gasteiger charge is -2.30. The van der Waals surface area contributed by atoms with Crippen LogP contribution in [0.2, 0.25) is 10.0 Å². The second-order valence-electron chi connectivity index (χ2n) is 7.28. The third-order valence-electron chi connectivity index (χ3n) is 5.30. The smallest absolute Gasteiger partial charge is 0.255 e. The Morgan fingerprint density at radius 2 is 1.79 bits per heavy atom. The van der Waals surface area contributed by atoms with Gasteiger partial charge in [-0.15, -0.1) is 0 Å². The Bertz CT molecular complexity index is 1010. The van der Waals surface area contributed by atoms with Crippen LogP contribution < -0.4 is 15.6 Å². The Morgan fingerprint density at radius 3 is 2.54 bits per heavy atom. The molecular weight excluding hydrogens is 395 g/mol. The van der Waals surface area contributed by atoms with Gasteiger partial charge in [0, 0.05) is 29.2 Å². The van der Waals surface area contributed by atoms with Crippen molar-refractivity contribution in [1.82, 2.24) is 10.3 Å². The summed E-state index contributed by atoms with van der Waals surface area (Å²) in [6.45, 7) is 0.846. The number of nitrogens with one attached hydrogen (secondary N) is 2. The van der Waals surface area contributed by atoms with E-state index in [0.717, 1.165) is 42.6 Å². The molecule has 1 aliphatic rings. The Hall–Kier alpha value is -2.01. The number of benzene rings is 2. The molecule has 0 spiro atoms. The first kappa shape index (κ1) is 19.3. The van der Waals surface area contributed by atoms with Crippen LogP contribution in [0.25, 0.3) is 10.8 Å². The molecule has 0 saturated heterocycles. The standard InChI is InChI=1S/C22H22Cl2N2O2/c23-16-3-1-14(2-4-16)13-26-17-5-7-18(8-6-17)28-21-11-15-9-10-25-22(27)19(15)12-20(21)24/h1-4,9-12,17-18,26H,5-8,13H2,(H,25,27). The van der Waals surface area contributed by atoms with Gasteiger partial charge in [0.2, 0.25) is 0 Å². The minimum atomic E-state index is -0.141. The van der Waals surface area contributed by atoms with Crippen molar-refractivity contribution in [3.63, 3.8) is 0 Å². The third kappa shape index (κ3) is 4.52. The van der Waals surface area contributed by atoms with Gasteiger partial charge >= 0.3 is 0 Å². The summed E-state index contributed by atoms with van der Waals surface area (Å²) in [4.78, 5) is 14.5. The minimum Gasteiger partial charge on any atom is -0.489 e. The van der Waals surface area contributed by atoms with Gasteiger partial charge < -0.3 is 15.0 Å². The molecule has 1 aromatic heterocycles. The van der Waals surface area contributed by atoms with E-state index in [1.54, 1.807) is 12.3 Å². The molecule has 3 aromatic rings. The van der Waals surface area contributed by atoms with E-state index in [2.05, 4.69) is 22.4 Å². The number of H-pyrrole nitrogens is 1. The largest absolute Gasteiger partial charge is 0.489 e. The summed E-state index contributed by atoms with van der Waals surface area (Å²) in [7, 11) is 0. The summed E-state index contributed by atoms with van der Waals surface area (Å²) >= 11 is 12.3. The van der Waals surface area contributed by atoms with Gasteiger partial charge in [0.1, 0.15) is 5.75 Å². The zero-order valence-corrected chi connectivity index (χ0v) is 16.9. The Kier molecular flexibility index (Phi) is 5.90. The molecule has 2 aromatic carbocycles. The van der Waals surface area contributed by atoms with E-state index < -0.39 is 0 Å². The average molecular weight is 417 g/mol. The van der Waals surface area contributed by atoms with Crippen molar-refractivity contribution >= 4 is 34.0 Å². The molecule has 1 aliphatic carbocycles. The van der Waals surface area contributed by atoms with Crippen molar-refractivity contribution in [1.29, 1.82) is 0 Å². The van der Waals surface area contributed by atoms with Crippen molar-refractivity contribution < 1.29 is 4.74 Å². The van der Waals surface area contributed by atoms with E-state index in [1.165, 1.54) is 5.56 Å². The van der Waals surface area contributed by atoms with Crippen LogP contribution in [0.15, 0.2) is 53.5 Å². The molecule has 2 N–H and O–H groups in total. The normalized spacial score (nSPS) is 19.6. The number of ether oxygens (including phenoxy) is 1. The maximum absolute atomic E-state index is 11.9. The van der Waals surface area contributed by atoms with Gasteiger partial charge in [-0.2, -0.15) is 0 Å². The van der Waals surface area contributed by atoms with Gasteiger partial charge in [-0.1, -0.05) is 35.3 Å². The van der Waals surface area contributed by atoms with Crippen molar-refractivity contribution in [2.24, 2.45) is 0 Å². The average Bonchev–Trinajstić information content (AvgIpc) is 2.70. The highest BCUT2D eigenvalue weighted by molar-refractivity contribution is 6.32. The molecular formula is C22H22Cl2N2O2. The predicted molar refractivity (Wildman–Crippen MR) is 115 cm³/mol. The highest BCUT2D eigenvalue weighted by atomic mass is 35.5. The zero-order chi connectivity index (χ0) is 19.5. The van der Waals surface area contributed by atoms with E-state index in [1.807, 2.05) is 24.3 Å². The van der Waals surface area contributed by atoms with Crippen LogP contribution in [0.3, 0.4) is 0 Å². The van der Waals surface area contributed by atoms with Crippen LogP contribution in [-0.2, 0) is 6.54 Å². The number of aromatic amines is 1. The molecule has 1 fully saturated rings. The van der Waals surface area contributed by atoms with E-state index in [-0.39, 0.29) is 11.7 Å². The molecule has 0 radical (unpaired) electrons. The van der Waals surface area contributed by atoms with Crippen LogP contribution in [0.1, 0.15) is 31.2 Å². The first-order chi connectivity index (χ1) is 13.6. The fourth-order valence-corrected chi connectivity index (χ4v) is 4.04. The Labute approximate surface area is 173 Å². The highest BCUT2D eigenvalue weighted by Gasteiger charge is 2.23. The SMILES string of the molecule is O=c1[nH]ccc2cc(OC3CCC(NCc4ccc(Cl)cc4)CC3)c(Cl)cc12. The van der Waals surface area contributed by atoms with Crippen LogP contribution >= 0.6 is 23.2 Å². The lowest BCUT2D eigenvalue weighted by Crippen LogP contribution is -2.36. The number of hydrogen-bond donors (Lipinski definition) is 2. The Balaban J connectivity index is 1.33. The van der Waals surface area contributed by atoms with Crippen molar-refractivity contribution in [2.75, 3.05) is 0 Å². The first-order valence-electron chi connectivity index (χ1n) is 9.54. The number of hydrogen-bond acceptors (Lipinski definition) is 3. The van der Waals surface area contributed by atoms with E-state index in [0.29, 0.717) is 22.2 Å². The molecule has 1 saturated carbocycles. The van der Waals surface area contributed by atoms with Crippen molar-refractivity contribution in [3.05, 3.63) is 74.6 Å². The number of aromatic nitrogens is 1. The maximum atomic E-state index is 11.9. The quantitative estimate of drug-likeness (QED) is 0.591. The van der Waals surface area contributed by atoms with Crippen LogP contribution in [0.4, 0.5) is 0 Å². The van der Waals surface area contributed by atoms with Crippen molar-refractivity contribution in [3.8, 4) is 5.75 Å². The van der Waals surface area contributed by atoms with Crippen LogP contribution in [-0.4, -0.2) is 17.1 Å². The molecule has 6 heteroatoms.